The third-order valence-electron chi connectivity index (χ3n) is 5.46. The summed E-state index contributed by atoms with van der Waals surface area (Å²) in [4.78, 5) is 22.5. The zero-order chi connectivity index (χ0) is 25.4. The van der Waals surface area contributed by atoms with Crippen molar-refractivity contribution < 1.29 is 13.9 Å². The van der Waals surface area contributed by atoms with Crippen LogP contribution in [0.1, 0.15) is 52.7 Å². The van der Waals surface area contributed by atoms with Gasteiger partial charge >= 0.3 is 0 Å². The molecule has 2 N–H and O–H groups in total. The van der Waals surface area contributed by atoms with Crippen LogP contribution < -0.4 is 10.6 Å². The molecular formula is C26H34Cl2N4O3. The smallest absolute Gasteiger partial charge is 0.242 e. The zero-order valence-corrected chi connectivity index (χ0v) is 22.3. The van der Waals surface area contributed by atoms with Crippen LogP contribution in [-0.2, 0) is 16.0 Å². The molecule has 0 spiro atoms. The van der Waals surface area contributed by atoms with Crippen molar-refractivity contribution in [3.05, 3.63) is 40.2 Å². The lowest BCUT2D eigenvalue weighted by Gasteiger charge is -2.21. The van der Waals surface area contributed by atoms with Crippen LogP contribution in [0.3, 0.4) is 0 Å². The highest BCUT2D eigenvalue weighted by molar-refractivity contribution is 6.42. The number of nitrogens with zero attached hydrogens (tertiary/aromatic N) is 2. The van der Waals surface area contributed by atoms with E-state index in [0.29, 0.717) is 59.4 Å². The summed E-state index contributed by atoms with van der Waals surface area (Å²) in [5.41, 5.74) is 2.22. The van der Waals surface area contributed by atoms with E-state index in [2.05, 4.69) is 31.4 Å². The van der Waals surface area contributed by atoms with E-state index in [9.17, 15) is 4.79 Å². The summed E-state index contributed by atoms with van der Waals surface area (Å²) < 4.78 is 11.1. The summed E-state index contributed by atoms with van der Waals surface area (Å²) >= 11 is 12.4. The molecule has 0 aliphatic carbocycles. The molecule has 2 heterocycles. The van der Waals surface area contributed by atoms with Crippen molar-refractivity contribution in [2.75, 3.05) is 25.1 Å². The maximum Gasteiger partial charge on any atom is 0.242 e. The summed E-state index contributed by atoms with van der Waals surface area (Å²) in [6.07, 6.45) is 4.77. The lowest BCUT2D eigenvalue weighted by molar-refractivity contribution is -0.122. The molecule has 0 radical (unpaired) electrons. The summed E-state index contributed by atoms with van der Waals surface area (Å²) in [5.74, 6) is 1.38. The van der Waals surface area contributed by atoms with Crippen molar-refractivity contribution in [3.63, 3.8) is 0 Å². The first kappa shape index (κ1) is 27.2. The second-order valence-electron chi connectivity index (χ2n) is 8.90. The third-order valence-corrected chi connectivity index (χ3v) is 6.18. The number of amides is 1. The minimum Gasteiger partial charge on any atom is -0.463 e. The number of hydrogen-bond acceptors (Lipinski definition) is 6. The van der Waals surface area contributed by atoms with Crippen molar-refractivity contribution in [2.45, 2.75) is 59.4 Å². The van der Waals surface area contributed by atoms with E-state index in [1.165, 1.54) is 0 Å². The van der Waals surface area contributed by atoms with E-state index in [1.54, 1.807) is 18.4 Å². The van der Waals surface area contributed by atoms with Gasteiger partial charge in [-0.1, -0.05) is 50.4 Å². The van der Waals surface area contributed by atoms with Gasteiger partial charge in [-0.15, -0.1) is 0 Å². The predicted octanol–water partition coefficient (Wildman–Crippen LogP) is 6.52. The normalized spacial score (nSPS) is 12.3. The highest BCUT2D eigenvalue weighted by Gasteiger charge is 2.21. The first-order valence-electron chi connectivity index (χ1n) is 12.2. The fourth-order valence-corrected chi connectivity index (χ4v) is 4.12. The van der Waals surface area contributed by atoms with E-state index in [-0.39, 0.29) is 5.91 Å². The standard InChI is InChI=1S/C26H34Cl2N4O3/c1-5-8-17-12-24(31-22(11-16(3)4)26(33)29-9-7-10-34-6-2)32-25(30-17)19-15-35-23-14-21(28)20(27)13-18(19)23/h12-16,22H,5-11H2,1-4H3,(H,29,33)(H,30,31,32). The van der Waals surface area contributed by atoms with E-state index in [4.69, 9.17) is 42.3 Å². The van der Waals surface area contributed by atoms with Crippen molar-refractivity contribution in [3.8, 4) is 11.4 Å². The van der Waals surface area contributed by atoms with Gasteiger partial charge in [0.25, 0.3) is 0 Å². The number of aromatic nitrogens is 2. The number of carbonyl (C=O) groups is 1. The number of carbonyl (C=O) groups excluding carboxylic acids is 1. The number of benzene rings is 1. The van der Waals surface area contributed by atoms with Crippen LogP contribution >= 0.6 is 23.2 Å². The Kier molecular flexibility index (Phi) is 10.2. The van der Waals surface area contributed by atoms with Gasteiger partial charge < -0.3 is 19.8 Å². The van der Waals surface area contributed by atoms with E-state index in [0.717, 1.165) is 35.9 Å². The average molecular weight is 521 g/mol. The van der Waals surface area contributed by atoms with Crippen LogP contribution in [0, 0.1) is 5.92 Å². The number of halogens is 2. The topological polar surface area (TPSA) is 89.3 Å². The summed E-state index contributed by atoms with van der Waals surface area (Å²) in [7, 11) is 0. The molecule has 1 aromatic carbocycles. The van der Waals surface area contributed by atoms with Crippen LogP contribution in [0.25, 0.3) is 22.4 Å². The maximum absolute atomic E-state index is 13.0. The molecule has 1 atom stereocenters. The number of furan rings is 1. The average Bonchev–Trinajstić information content (AvgIpc) is 3.21. The van der Waals surface area contributed by atoms with E-state index < -0.39 is 6.04 Å². The zero-order valence-electron chi connectivity index (χ0n) is 20.8. The number of rotatable bonds is 13. The molecule has 3 aromatic rings. The van der Waals surface area contributed by atoms with Gasteiger partial charge in [0, 0.05) is 43.0 Å². The molecule has 1 unspecified atom stereocenters. The Bertz CT molecular complexity index is 1130. The highest BCUT2D eigenvalue weighted by Crippen LogP contribution is 2.35. The molecule has 0 aliphatic heterocycles. The fraction of sp³-hybridized carbons (Fsp3) is 0.500. The predicted molar refractivity (Wildman–Crippen MR) is 142 cm³/mol. The molecule has 0 saturated heterocycles. The van der Waals surface area contributed by atoms with Crippen LogP contribution in [0.4, 0.5) is 5.82 Å². The first-order valence-corrected chi connectivity index (χ1v) is 12.9. The molecule has 2 aromatic heterocycles. The molecule has 0 aliphatic rings. The number of anilines is 1. The van der Waals surface area contributed by atoms with Gasteiger partial charge in [-0.25, -0.2) is 9.97 Å². The van der Waals surface area contributed by atoms with E-state index in [1.807, 2.05) is 13.0 Å². The molecule has 7 nitrogen and oxygen atoms in total. The molecule has 0 saturated carbocycles. The fourth-order valence-electron chi connectivity index (χ4n) is 3.81. The molecule has 0 bridgehead atoms. The molecule has 35 heavy (non-hydrogen) atoms. The number of ether oxygens (including phenoxy) is 1. The van der Waals surface area contributed by atoms with Gasteiger partial charge in [-0.3, -0.25) is 4.79 Å². The van der Waals surface area contributed by atoms with Crippen molar-refractivity contribution in [1.29, 1.82) is 0 Å². The lowest BCUT2D eigenvalue weighted by atomic mass is 10.0. The second kappa shape index (κ2) is 13.1. The van der Waals surface area contributed by atoms with Crippen molar-refractivity contribution >= 4 is 45.9 Å². The number of nitrogens with one attached hydrogen (secondary N) is 2. The Labute approximate surface area is 216 Å². The second-order valence-corrected chi connectivity index (χ2v) is 9.71. The number of fused-ring (bicyclic) bond motifs is 1. The Morgan fingerprint density at radius 1 is 1.14 bits per heavy atom. The van der Waals surface area contributed by atoms with Crippen molar-refractivity contribution in [2.24, 2.45) is 5.92 Å². The monoisotopic (exact) mass is 520 g/mol. The molecule has 1 amide bonds. The molecule has 3 rings (SSSR count). The summed E-state index contributed by atoms with van der Waals surface area (Å²) in [6.45, 7) is 10.1. The van der Waals surface area contributed by atoms with Crippen molar-refractivity contribution in [1.82, 2.24) is 15.3 Å². The van der Waals surface area contributed by atoms with Gasteiger partial charge in [0.05, 0.1) is 15.6 Å². The van der Waals surface area contributed by atoms with Gasteiger partial charge in [0.2, 0.25) is 5.91 Å². The van der Waals surface area contributed by atoms with Crippen LogP contribution in [-0.4, -0.2) is 41.7 Å². The summed E-state index contributed by atoms with van der Waals surface area (Å²) in [5, 5.41) is 8.02. The maximum atomic E-state index is 13.0. The third kappa shape index (κ3) is 7.56. The molecule has 0 fully saturated rings. The SMILES string of the molecule is CCCc1cc(NC(CC(C)C)C(=O)NCCCOCC)nc(-c2coc3cc(Cl)c(Cl)cc23)n1. The Morgan fingerprint density at radius 3 is 2.63 bits per heavy atom. The van der Waals surface area contributed by atoms with Gasteiger partial charge in [-0.2, -0.15) is 0 Å². The van der Waals surface area contributed by atoms with Crippen LogP contribution in [0.2, 0.25) is 10.0 Å². The summed E-state index contributed by atoms with van der Waals surface area (Å²) in [6, 6.07) is 4.94. The minimum atomic E-state index is -0.423. The Balaban J connectivity index is 1.88. The van der Waals surface area contributed by atoms with Gasteiger partial charge in [0.1, 0.15) is 23.7 Å². The van der Waals surface area contributed by atoms with Crippen LogP contribution in [0.15, 0.2) is 28.9 Å². The van der Waals surface area contributed by atoms with Crippen LogP contribution in [0.5, 0.6) is 0 Å². The molecule has 190 valence electrons. The first-order chi connectivity index (χ1) is 16.8. The quantitative estimate of drug-likeness (QED) is 0.249. The molecular weight excluding hydrogens is 487 g/mol. The Morgan fingerprint density at radius 2 is 1.91 bits per heavy atom. The minimum absolute atomic E-state index is 0.0532. The largest absolute Gasteiger partial charge is 0.463 e. The van der Waals surface area contributed by atoms with E-state index >= 15 is 0 Å². The van der Waals surface area contributed by atoms with Gasteiger partial charge in [-0.05, 0) is 38.2 Å². The highest BCUT2D eigenvalue weighted by atomic mass is 35.5. The lowest BCUT2D eigenvalue weighted by Crippen LogP contribution is -2.41. The number of aryl methyl sites for hydroxylation is 1. The number of hydrogen-bond donors (Lipinski definition) is 2. The van der Waals surface area contributed by atoms with Gasteiger partial charge in [0.15, 0.2) is 5.82 Å². The Hall–Kier alpha value is -2.35. The molecule has 9 heteroatoms.